The molecule has 0 fully saturated rings. The number of rotatable bonds is 8. The molecule has 0 atom stereocenters. The first-order valence-electron chi connectivity index (χ1n) is 12.8. The highest BCUT2D eigenvalue weighted by atomic mass is 35.5. The first-order valence-corrected chi connectivity index (χ1v) is 13.2. The first kappa shape index (κ1) is 24.7. The maximum Gasteiger partial charge on any atom is 0.157 e. The number of nitrogens with zero attached hydrogens (tertiary/aromatic N) is 3. The maximum absolute atomic E-state index is 6.51. The molecular weight excluding hydrogens is 504 g/mol. The molecule has 0 saturated heterocycles. The fourth-order valence-electron chi connectivity index (χ4n) is 5.21. The van der Waals surface area contributed by atoms with Crippen molar-refractivity contribution in [2.45, 2.75) is 12.1 Å². The van der Waals surface area contributed by atoms with Crippen LogP contribution in [-0.2, 0) is 12.1 Å². The van der Waals surface area contributed by atoms with E-state index >= 15 is 0 Å². The number of fused-ring (bicyclic) bond motifs is 1. The molecule has 0 amide bonds. The lowest BCUT2D eigenvalue weighted by molar-refractivity contribution is 0.414. The molecule has 0 aliphatic heterocycles. The van der Waals surface area contributed by atoms with Gasteiger partial charge in [0.05, 0.1) is 18.0 Å². The Morgan fingerprint density at radius 2 is 1.31 bits per heavy atom. The van der Waals surface area contributed by atoms with Gasteiger partial charge in [-0.3, -0.25) is 0 Å². The van der Waals surface area contributed by atoms with Crippen molar-refractivity contribution >= 4 is 28.3 Å². The normalized spacial score (nSPS) is 11.4. The van der Waals surface area contributed by atoms with E-state index < -0.39 is 5.54 Å². The minimum atomic E-state index is -0.771. The van der Waals surface area contributed by atoms with Crippen molar-refractivity contribution in [2.24, 2.45) is 0 Å². The van der Waals surface area contributed by atoms with Gasteiger partial charge < -0.3 is 10.1 Å². The van der Waals surface area contributed by atoms with Crippen molar-refractivity contribution in [1.82, 2.24) is 14.8 Å². The average molecular weight is 531 g/mol. The van der Waals surface area contributed by atoms with Gasteiger partial charge in [0, 0.05) is 18.8 Å². The maximum atomic E-state index is 6.51. The zero-order valence-electron chi connectivity index (χ0n) is 21.5. The molecule has 0 radical (unpaired) electrons. The van der Waals surface area contributed by atoms with Crippen molar-refractivity contribution in [3.05, 3.63) is 155 Å². The van der Waals surface area contributed by atoms with Gasteiger partial charge in [-0.25, -0.2) is 9.67 Å². The summed E-state index contributed by atoms with van der Waals surface area (Å²) in [5.41, 5.74) is 4.47. The van der Waals surface area contributed by atoms with Gasteiger partial charge in [-0.2, -0.15) is 5.10 Å². The van der Waals surface area contributed by atoms with Crippen molar-refractivity contribution in [3.63, 3.8) is 0 Å². The van der Waals surface area contributed by atoms with Crippen LogP contribution in [0.2, 0.25) is 5.15 Å². The SMILES string of the molecule is COc1ccc(CNc2nn(C(c3ccccc3)(c3ccccc3)c3ccccc3)c3cc(Cl)ncc23)cc1. The molecule has 0 unspecified atom stereocenters. The Balaban J connectivity index is 1.60. The van der Waals surface area contributed by atoms with Crippen molar-refractivity contribution in [3.8, 4) is 5.75 Å². The Morgan fingerprint density at radius 1 is 0.769 bits per heavy atom. The third kappa shape index (κ3) is 4.51. The molecule has 39 heavy (non-hydrogen) atoms. The van der Waals surface area contributed by atoms with Crippen LogP contribution >= 0.6 is 11.6 Å². The summed E-state index contributed by atoms with van der Waals surface area (Å²) in [5.74, 6) is 1.56. The number of benzene rings is 4. The molecule has 192 valence electrons. The van der Waals surface area contributed by atoms with E-state index in [1.54, 1.807) is 13.3 Å². The van der Waals surface area contributed by atoms with Crippen LogP contribution in [0.25, 0.3) is 10.9 Å². The van der Waals surface area contributed by atoms with Gasteiger partial charge in [0.2, 0.25) is 0 Å². The first-order chi connectivity index (χ1) is 19.2. The molecule has 0 saturated carbocycles. The molecule has 0 aliphatic carbocycles. The molecule has 6 rings (SSSR count). The Kier molecular flexibility index (Phi) is 6.74. The quantitative estimate of drug-likeness (QED) is 0.163. The van der Waals surface area contributed by atoms with Crippen LogP contribution in [0.1, 0.15) is 22.3 Å². The van der Waals surface area contributed by atoms with Gasteiger partial charge in [-0.15, -0.1) is 0 Å². The van der Waals surface area contributed by atoms with E-state index in [1.807, 2.05) is 48.5 Å². The zero-order valence-corrected chi connectivity index (χ0v) is 22.2. The predicted octanol–water partition coefficient (Wildman–Crippen LogP) is 7.55. The zero-order chi connectivity index (χ0) is 26.7. The van der Waals surface area contributed by atoms with Gasteiger partial charge in [0.15, 0.2) is 5.82 Å². The van der Waals surface area contributed by atoms with E-state index in [1.165, 1.54) is 0 Å². The minimum Gasteiger partial charge on any atom is -0.497 e. The van der Waals surface area contributed by atoms with E-state index in [0.717, 1.165) is 44.7 Å². The van der Waals surface area contributed by atoms with Crippen LogP contribution in [0.15, 0.2) is 128 Å². The Hall–Kier alpha value is -4.61. The van der Waals surface area contributed by atoms with E-state index in [-0.39, 0.29) is 0 Å². The fourth-order valence-corrected chi connectivity index (χ4v) is 5.36. The second-order valence-corrected chi connectivity index (χ2v) is 9.68. The smallest absolute Gasteiger partial charge is 0.157 e. The second-order valence-electron chi connectivity index (χ2n) is 9.29. The molecule has 2 aromatic heterocycles. The summed E-state index contributed by atoms with van der Waals surface area (Å²) in [6.07, 6.45) is 1.79. The van der Waals surface area contributed by atoms with E-state index in [4.69, 9.17) is 21.4 Å². The molecule has 0 spiro atoms. The highest BCUT2D eigenvalue weighted by Gasteiger charge is 2.41. The Bertz CT molecular complexity index is 1590. The molecule has 5 nitrogen and oxygen atoms in total. The molecule has 0 aliphatic rings. The molecule has 2 heterocycles. The number of methoxy groups -OCH3 is 1. The standard InChI is InChI=1S/C33H27ClN4O/c1-39-28-19-17-24(18-20-28)22-36-32-29-23-35-31(34)21-30(29)38(37-32)33(25-11-5-2-6-12-25,26-13-7-3-8-14-26)27-15-9-4-10-16-27/h2-21,23H,22H2,1H3,(H,36,37). The summed E-state index contributed by atoms with van der Waals surface area (Å²) in [6, 6.07) is 41.3. The lowest BCUT2D eigenvalue weighted by Crippen LogP contribution is -2.38. The largest absolute Gasteiger partial charge is 0.497 e. The van der Waals surface area contributed by atoms with Crippen molar-refractivity contribution in [2.75, 3.05) is 12.4 Å². The highest BCUT2D eigenvalue weighted by Crippen LogP contribution is 2.43. The molecular formula is C33H27ClN4O. The van der Waals surface area contributed by atoms with Gasteiger partial charge >= 0.3 is 0 Å². The molecule has 1 N–H and O–H groups in total. The molecule has 6 aromatic rings. The summed E-state index contributed by atoms with van der Waals surface area (Å²) in [5, 5.41) is 10.1. The van der Waals surface area contributed by atoms with Crippen LogP contribution < -0.4 is 10.1 Å². The van der Waals surface area contributed by atoms with Gasteiger partial charge in [0.1, 0.15) is 16.4 Å². The topological polar surface area (TPSA) is 52.0 Å². The summed E-state index contributed by atoms with van der Waals surface area (Å²) in [6.45, 7) is 0.591. The summed E-state index contributed by atoms with van der Waals surface area (Å²) >= 11 is 6.51. The Morgan fingerprint density at radius 3 is 1.82 bits per heavy atom. The third-order valence-corrected chi connectivity index (χ3v) is 7.25. The van der Waals surface area contributed by atoms with Gasteiger partial charge in [-0.05, 0) is 34.4 Å². The number of nitrogens with one attached hydrogen (secondary N) is 1. The minimum absolute atomic E-state index is 0.411. The van der Waals surface area contributed by atoms with Crippen LogP contribution in [0, 0.1) is 0 Å². The lowest BCUT2D eigenvalue weighted by atomic mass is 9.77. The molecule has 6 heteroatoms. The van der Waals surface area contributed by atoms with Crippen molar-refractivity contribution in [1.29, 1.82) is 0 Å². The number of hydrogen-bond acceptors (Lipinski definition) is 4. The van der Waals surface area contributed by atoms with Crippen molar-refractivity contribution < 1.29 is 4.74 Å². The van der Waals surface area contributed by atoms with Crippen LogP contribution in [-0.4, -0.2) is 21.9 Å². The van der Waals surface area contributed by atoms with E-state index in [0.29, 0.717) is 11.7 Å². The number of anilines is 1. The number of aromatic nitrogens is 3. The Labute approximate surface area is 232 Å². The highest BCUT2D eigenvalue weighted by molar-refractivity contribution is 6.30. The van der Waals surface area contributed by atoms with E-state index in [9.17, 15) is 0 Å². The fraction of sp³-hybridized carbons (Fsp3) is 0.0909. The number of halogens is 1. The third-order valence-electron chi connectivity index (χ3n) is 7.04. The van der Waals surface area contributed by atoms with Gasteiger partial charge in [0.25, 0.3) is 0 Å². The summed E-state index contributed by atoms with van der Waals surface area (Å²) in [4.78, 5) is 4.41. The van der Waals surface area contributed by atoms with Gasteiger partial charge in [-0.1, -0.05) is 115 Å². The number of pyridine rings is 1. The predicted molar refractivity (Wildman–Crippen MR) is 157 cm³/mol. The monoisotopic (exact) mass is 530 g/mol. The number of hydrogen-bond donors (Lipinski definition) is 1. The average Bonchev–Trinajstić information content (AvgIpc) is 3.36. The van der Waals surface area contributed by atoms with Crippen LogP contribution in [0.3, 0.4) is 0 Å². The van der Waals surface area contributed by atoms with E-state index in [2.05, 4.69) is 87.8 Å². The molecule has 0 bridgehead atoms. The summed E-state index contributed by atoms with van der Waals surface area (Å²) < 4.78 is 7.40. The summed E-state index contributed by atoms with van der Waals surface area (Å²) in [7, 11) is 1.67. The second kappa shape index (κ2) is 10.6. The number of ether oxygens (including phenoxy) is 1. The van der Waals surface area contributed by atoms with Crippen LogP contribution in [0.5, 0.6) is 5.75 Å². The molecule has 4 aromatic carbocycles. The van der Waals surface area contributed by atoms with Crippen LogP contribution in [0.4, 0.5) is 5.82 Å². The lowest BCUT2D eigenvalue weighted by Gasteiger charge is -2.37.